The minimum atomic E-state index is -1.45. The molecular weight excluding hydrogens is 348 g/mol. The van der Waals surface area contributed by atoms with Crippen LogP contribution in [0.3, 0.4) is 0 Å². The maximum Gasteiger partial charge on any atom is 0.315 e. The van der Waals surface area contributed by atoms with Crippen LogP contribution in [0.4, 0.5) is 0 Å². The molecular formula is C21H18O6. The molecule has 6 nitrogen and oxygen atoms in total. The van der Waals surface area contributed by atoms with Gasteiger partial charge in [0.15, 0.2) is 5.60 Å². The third-order valence-electron chi connectivity index (χ3n) is 5.50. The quantitative estimate of drug-likeness (QED) is 0.612. The van der Waals surface area contributed by atoms with Crippen LogP contribution in [0.2, 0.25) is 0 Å². The van der Waals surface area contributed by atoms with Gasteiger partial charge in [0.25, 0.3) is 0 Å². The first kappa shape index (κ1) is 17.3. The fourth-order valence-electron chi connectivity index (χ4n) is 4.45. The maximum atomic E-state index is 12.9. The van der Waals surface area contributed by atoms with E-state index in [0.29, 0.717) is 16.7 Å². The van der Waals surface area contributed by atoms with Crippen LogP contribution >= 0.6 is 0 Å². The number of benzene rings is 2. The van der Waals surface area contributed by atoms with Crippen LogP contribution in [0.15, 0.2) is 54.6 Å². The van der Waals surface area contributed by atoms with Gasteiger partial charge in [-0.1, -0.05) is 54.6 Å². The van der Waals surface area contributed by atoms with E-state index >= 15 is 0 Å². The molecule has 1 fully saturated rings. The van der Waals surface area contributed by atoms with E-state index < -0.39 is 41.3 Å². The molecule has 1 saturated heterocycles. The number of carbonyl (C=O) groups excluding carboxylic acids is 3. The molecule has 2 bridgehead atoms. The molecule has 4 atom stereocenters. The Morgan fingerprint density at radius 2 is 1.56 bits per heavy atom. The Hall–Kier alpha value is -3.15. The zero-order valence-corrected chi connectivity index (χ0v) is 14.9. The first-order valence-electron chi connectivity index (χ1n) is 8.59. The Morgan fingerprint density at radius 3 is 2.22 bits per heavy atom. The van der Waals surface area contributed by atoms with E-state index in [1.807, 2.05) is 18.2 Å². The van der Waals surface area contributed by atoms with Gasteiger partial charge in [-0.05, 0) is 5.56 Å². The topological polar surface area (TPSA) is 78.9 Å². The van der Waals surface area contributed by atoms with Gasteiger partial charge in [0.05, 0.1) is 26.1 Å². The van der Waals surface area contributed by atoms with Crippen molar-refractivity contribution in [2.45, 2.75) is 11.5 Å². The third kappa shape index (κ3) is 2.22. The monoisotopic (exact) mass is 366 g/mol. The number of fused-ring (bicyclic) bond motifs is 2. The molecule has 0 radical (unpaired) electrons. The molecule has 0 unspecified atom stereocenters. The van der Waals surface area contributed by atoms with E-state index in [0.717, 1.165) is 0 Å². The first-order chi connectivity index (χ1) is 13.1. The minimum Gasteiger partial charge on any atom is -0.469 e. The zero-order valence-electron chi connectivity index (χ0n) is 14.9. The van der Waals surface area contributed by atoms with Crippen molar-refractivity contribution in [1.82, 2.24) is 0 Å². The second-order valence-corrected chi connectivity index (χ2v) is 6.64. The van der Waals surface area contributed by atoms with Gasteiger partial charge in [-0.15, -0.1) is 0 Å². The molecule has 27 heavy (non-hydrogen) atoms. The maximum absolute atomic E-state index is 12.9. The van der Waals surface area contributed by atoms with Crippen molar-refractivity contribution in [3.8, 4) is 0 Å². The molecule has 6 heteroatoms. The highest BCUT2D eigenvalue weighted by Gasteiger charge is 2.68. The fraction of sp³-hybridized carbons (Fsp3) is 0.286. The molecule has 2 aliphatic heterocycles. The highest BCUT2D eigenvalue weighted by atomic mass is 16.6. The molecule has 0 N–H and O–H groups in total. The first-order valence-corrected chi connectivity index (χ1v) is 8.59. The molecule has 138 valence electrons. The van der Waals surface area contributed by atoms with Crippen molar-refractivity contribution in [2.75, 3.05) is 14.2 Å². The number of hydrogen-bond donors (Lipinski definition) is 0. The second kappa shape index (κ2) is 6.23. The number of esters is 3. The Labute approximate surface area is 156 Å². The van der Waals surface area contributed by atoms with Gasteiger partial charge in [0, 0.05) is 11.1 Å². The van der Waals surface area contributed by atoms with Gasteiger partial charge >= 0.3 is 17.9 Å². The van der Waals surface area contributed by atoms with Gasteiger partial charge < -0.3 is 14.2 Å². The number of carbonyl (C=O) groups is 3. The van der Waals surface area contributed by atoms with Crippen molar-refractivity contribution in [3.63, 3.8) is 0 Å². The highest BCUT2D eigenvalue weighted by molar-refractivity contribution is 5.96. The molecule has 1 aliphatic carbocycles. The largest absolute Gasteiger partial charge is 0.469 e. The molecule has 2 aromatic carbocycles. The summed E-state index contributed by atoms with van der Waals surface area (Å²) in [5, 5.41) is 0. The Morgan fingerprint density at radius 1 is 0.926 bits per heavy atom. The van der Waals surface area contributed by atoms with Crippen LogP contribution < -0.4 is 0 Å². The summed E-state index contributed by atoms with van der Waals surface area (Å²) >= 11 is 0. The summed E-state index contributed by atoms with van der Waals surface area (Å²) in [7, 11) is 2.50. The summed E-state index contributed by atoms with van der Waals surface area (Å²) < 4.78 is 15.9. The average molecular weight is 366 g/mol. The van der Waals surface area contributed by atoms with E-state index in [9.17, 15) is 14.4 Å². The predicted molar refractivity (Wildman–Crippen MR) is 93.5 cm³/mol. The molecule has 0 amide bonds. The fourth-order valence-corrected chi connectivity index (χ4v) is 4.45. The summed E-state index contributed by atoms with van der Waals surface area (Å²) in [4.78, 5) is 38.4. The third-order valence-corrected chi connectivity index (χ3v) is 5.50. The lowest BCUT2D eigenvalue weighted by molar-refractivity contribution is -0.202. The highest BCUT2D eigenvalue weighted by Crippen LogP contribution is 2.59. The number of methoxy groups -OCH3 is 2. The molecule has 0 aromatic heterocycles. The summed E-state index contributed by atoms with van der Waals surface area (Å²) in [6.45, 7) is 0. The van der Waals surface area contributed by atoms with E-state index in [-0.39, 0.29) is 0 Å². The zero-order chi connectivity index (χ0) is 19.2. The second-order valence-electron chi connectivity index (χ2n) is 6.64. The molecule has 2 heterocycles. The lowest BCUT2D eigenvalue weighted by Gasteiger charge is -2.53. The normalized spacial score (nSPS) is 28.1. The molecule has 0 saturated carbocycles. The lowest BCUT2D eigenvalue weighted by Crippen LogP contribution is -2.61. The summed E-state index contributed by atoms with van der Waals surface area (Å²) in [5.41, 5.74) is 0.521. The average Bonchev–Trinajstić information content (AvgIpc) is 2.72. The SMILES string of the molecule is COC(=O)[C@H]1[C@@H]2C(=O)O[C@@](c3ccccc3)(c3ccccc32)[C@@H]1C(=O)OC. The van der Waals surface area contributed by atoms with E-state index in [2.05, 4.69) is 0 Å². The van der Waals surface area contributed by atoms with E-state index in [1.165, 1.54) is 14.2 Å². The summed E-state index contributed by atoms with van der Waals surface area (Å²) in [5.74, 6) is -4.80. The van der Waals surface area contributed by atoms with Crippen LogP contribution in [0.25, 0.3) is 0 Å². The van der Waals surface area contributed by atoms with E-state index in [4.69, 9.17) is 14.2 Å². The molecule has 3 aliphatic rings. The molecule has 0 spiro atoms. The standard InChI is InChI=1S/C21H18O6/c1-25-18(22)16-15-13-10-6-7-11-14(13)21(27-19(15)23,17(16)20(24)26-2)12-8-4-3-5-9-12/h3-11,15-17H,1-2H3/t15-,16+,17+,21+/m1/s1. The van der Waals surface area contributed by atoms with Gasteiger partial charge in [-0.2, -0.15) is 0 Å². The smallest absolute Gasteiger partial charge is 0.315 e. The van der Waals surface area contributed by atoms with Gasteiger partial charge in [0.1, 0.15) is 5.92 Å². The number of rotatable bonds is 3. The Balaban J connectivity index is 2.09. The van der Waals surface area contributed by atoms with Gasteiger partial charge in [-0.25, -0.2) is 0 Å². The lowest BCUT2D eigenvalue weighted by atomic mass is 9.57. The van der Waals surface area contributed by atoms with Crippen molar-refractivity contribution in [2.24, 2.45) is 11.8 Å². The minimum absolute atomic E-state index is 0.548. The van der Waals surface area contributed by atoms with E-state index in [1.54, 1.807) is 36.4 Å². The molecule has 2 aromatic rings. The van der Waals surface area contributed by atoms with Crippen molar-refractivity contribution < 1.29 is 28.6 Å². The van der Waals surface area contributed by atoms with Crippen molar-refractivity contribution in [1.29, 1.82) is 0 Å². The summed E-state index contributed by atoms with van der Waals surface area (Å²) in [6, 6.07) is 16.2. The van der Waals surface area contributed by atoms with Crippen LogP contribution in [-0.4, -0.2) is 32.1 Å². The van der Waals surface area contributed by atoms with Crippen molar-refractivity contribution >= 4 is 17.9 Å². The van der Waals surface area contributed by atoms with Crippen LogP contribution in [0, 0.1) is 11.8 Å². The van der Waals surface area contributed by atoms with Gasteiger partial charge in [0.2, 0.25) is 0 Å². The Kier molecular flexibility index (Phi) is 3.98. The van der Waals surface area contributed by atoms with Crippen LogP contribution in [0.5, 0.6) is 0 Å². The predicted octanol–water partition coefficient (Wildman–Crippen LogP) is 2.16. The van der Waals surface area contributed by atoms with Crippen molar-refractivity contribution in [3.05, 3.63) is 71.3 Å². The number of ether oxygens (including phenoxy) is 3. The molecule has 5 rings (SSSR count). The van der Waals surface area contributed by atoms with Gasteiger partial charge in [-0.3, -0.25) is 14.4 Å². The van der Waals surface area contributed by atoms with Crippen LogP contribution in [0.1, 0.15) is 22.6 Å². The Bertz CT molecular complexity index is 921. The summed E-state index contributed by atoms with van der Waals surface area (Å²) in [6.07, 6.45) is 0. The number of hydrogen-bond acceptors (Lipinski definition) is 6. The van der Waals surface area contributed by atoms with Crippen LogP contribution in [-0.2, 0) is 34.2 Å².